The third-order valence-corrected chi connectivity index (χ3v) is 4.52. The van der Waals surface area contributed by atoms with Gasteiger partial charge >= 0.3 is 0 Å². The average Bonchev–Trinajstić information content (AvgIpc) is 3.23. The third kappa shape index (κ3) is 3.82. The van der Waals surface area contributed by atoms with Crippen LogP contribution in [0.1, 0.15) is 55.7 Å². The van der Waals surface area contributed by atoms with Gasteiger partial charge in [0.1, 0.15) is 0 Å². The number of anilines is 2. The van der Waals surface area contributed by atoms with Crippen molar-refractivity contribution in [3.05, 3.63) is 40.7 Å². The monoisotopic (exact) mass is 360 g/mol. The summed E-state index contributed by atoms with van der Waals surface area (Å²) >= 11 is 6.10. The van der Waals surface area contributed by atoms with Gasteiger partial charge in [-0.15, -0.1) is 0 Å². The van der Waals surface area contributed by atoms with Gasteiger partial charge in [0.25, 0.3) is 5.91 Å². The molecule has 1 fully saturated rings. The maximum Gasteiger partial charge on any atom is 0.276 e. The number of hydrogen-bond donors (Lipinski definition) is 1. The number of carbonyl (C=O) groups is 1. The van der Waals surface area contributed by atoms with E-state index in [2.05, 4.69) is 31.2 Å². The van der Waals surface area contributed by atoms with Crippen LogP contribution in [-0.4, -0.2) is 29.8 Å². The first-order valence-corrected chi connectivity index (χ1v) is 8.93. The molecular weight excluding hydrogens is 336 g/mol. The smallest absolute Gasteiger partial charge is 0.276 e. The van der Waals surface area contributed by atoms with Crippen molar-refractivity contribution in [2.75, 3.05) is 24.3 Å². The molecule has 6 heteroatoms. The minimum absolute atomic E-state index is 0.151. The van der Waals surface area contributed by atoms with Crippen LogP contribution in [0, 0.1) is 0 Å². The zero-order valence-corrected chi connectivity index (χ0v) is 16.2. The van der Waals surface area contributed by atoms with Crippen LogP contribution in [0.15, 0.2) is 24.3 Å². The molecule has 0 unspecified atom stereocenters. The molecule has 0 aliphatic heterocycles. The van der Waals surface area contributed by atoms with Gasteiger partial charge in [-0.3, -0.25) is 9.48 Å². The van der Waals surface area contributed by atoms with E-state index in [-0.39, 0.29) is 11.4 Å². The molecule has 1 heterocycles. The first-order chi connectivity index (χ1) is 11.7. The van der Waals surface area contributed by atoms with Gasteiger partial charge in [-0.1, -0.05) is 11.6 Å². The summed E-state index contributed by atoms with van der Waals surface area (Å²) in [7, 11) is 3.86. The van der Waals surface area contributed by atoms with E-state index in [0.717, 1.165) is 11.4 Å². The lowest BCUT2D eigenvalue weighted by atomic mass is 10.1. The Morgan fingerprint density at radius 2 is 1.96 bits per heavy atom. The van der Waals surface area contributed by atoms with Crippen molar-refractivity contribution in [3.8, 4) is 0 Å². The quantitative estimate of drug-likeness (QED) is 0.874. The summed E-state index contributed by atoms with van der Waals surface area (Å²) in [6.45, 7) is 6.32. The van der Waals surface area contributed by atoms with Gasteiger partial charge in [-0.2, -0.15) is 5.10 Å². The van der Waals surface area contributed by atoms with Crippen LogP contribution in [0.3, 0.4) is 0 Å². The molecule has 1 saturated carbocycles. The number of nitrogens with one attached hydrogen (secondary N) is 1. The predicted octanol–water partition coefficient (Wildman–Crippen LogP) is 4.49. The van der Waals surface area contributed by atoms with Gasteiger partial charge in [0.05, 0.1) is 16.9 Å². The Bertz CT molecular complexity index is 800. The SMILES string of the molecule is CN(C)c1ccc(Cl)cc1NC(=O)c1cc(C2CC2)n(C(C)(C)C)n1. The van der Waals surface area contributed by atoms with E-state index >= 15 is 0 Å². The summed E-state index contributed by atoms with van der Waals surface area (Å²) < 4.78 is 1.99. The summed E-state index contributed by atoms with van der Waals surface area (Å²) in [6, 6.07) is 7.39. The third-order valence-electron chi connectivity index (χ3n) is 4.29. The summed E-state index contributed by atoms with van der Waals surface area (Å²) in [5.41, 5.74) is 3.02. The molecule has 1 aliphatic carbocycles. The number of hydrogen-bond acceptors (Lipinski definition) is 3. The molecule has 25 heavy (non-hydrogen) atoms. The van der Waals surface area contributed by atoms with Crippen LogP contribution in [0.5, 0.6) is 0 Å². The maximum absolute atomic E-state index is 12.8. The molecule has 0 atom stereocenters. The number of amides is 1. The molecule has 1 N–H and O–H groups in total. The molecule has 1 aromatic heterocycles. The van der Waals surface area contributed by atoms with Crippen molar-refractivity contribution in [3.63, 3.8) is 0 Å². The molecule has 2 aromatic rings. The standard InChI is InChI=1S/C19H25ClN4O/c1-19(2,3)24-17(12-6-7-12)11-15(22-24)18(25)21-14-10-13(20)8-9-16(14)23(4)5/h8-12H,6-7H2,1-5H3,(H,21,25). The van der Waals surface area contributed by atoms with Gasteiger partial charge in [-0.05, 0) is 57.9 Å². The second kappa shape index (κ2) is 6.37. The predicted molar refractivity (Wildman–Crippen MR) is 103 cm³/mol. The molecule has 0 saturated heterocycles. The van der Waals surface area contributed by atoms with Crippen molar-refractivity contribution in [1.29, 1.82) is 0 Å². The van der Waals surface area contributed by atoms with Gasteiger partial charge in [0.2, 0.25) is 0 Å². The average molecular weight is 361 g/mol. The first-order valence-electron chi connectivity index (χ1n) is 8.55. The van der Waals surface area contributed by atoms with Gasteiger partial charge in [-0.25, -0.2) is 0 Å². The normalized spacial score (nSPS) is 14.5. The van der Waals surface area contributed by atoms with E-state index in [1.807, 2.05) is 41.9 Å². The second-order valence-electron chi connectivity index (χ2n) is 7.82. The van der Waals surface area contributed by atoms with Crippen LogP contribution >= 0.6 is 11.6 Å². The Kier molecular flexibility index (Phi) is 4.54. The number of carbonyl (C=O) groups excluding carboxylic acids is 1. The summed E-state index contributed by atoms with van der Waals surface area (Å²) in [4.78, 5) is 14.7. The van der Waals surface area contributed by atoms with Gasteiger partial charge < -0.3 is 10.2 Å². The second-order valence-corrected chi connectivity index (χ2v) is 8.26. The first kappa shape index (κ1) is 17.8. The highest BCUT2D eigenvalue weighted by Crippen LogP contribution is 2.41. The van der Waals surface area contributed by atoms with E-state index in [4.69, 9.17) is 11.6 Å². The summed E-state index contributed by atoms with van der Waals surface area (Å²) in [5.74, 6) is 0.312. The number of aromatic nitrogens is 2. The largest absolute Gasteiger partial charge is 0.376 e. The van der Waals surface area contributed by atoms with E-state index in [0.29, 0.717) is 22.3 Å². The van der Waals surface area contributed by atoms with Crippen molar-refractivity contribution < 1.29 is 4.79 Å². The van der Waals surface area contributed by atoms with Crippen LogP contribution in [0.25, 0.3) is 0 Å². The van der Waals surface area contributed by atoms with Crippen molar-refractivity contribution >= 4 is 28.9 Å². The fraction of sp³-hybridized carbons (Fsp3) is 0.474. The minimum atomic E-state index is -0.213. The molecule has 5 nitrogen and oxygen atoms in total. The Labute approximate surface area is 154 Å². The maximum atomic E-state index is 12.8. The van der Waals surface area contributed by atoms with Gasteiger partial charge in [0.15, 0.2) is 5.69 Å². The Morgan fingerprint density at radius 3 is 2.52 bits per heavy atom. The zero-order valence-electron chi connectivity index (χ0n) is 15.4. The summed E-state index contributed by atoms with van der Waals surface area (Å²) in [6.07, 6.45) is 2.34. The molecule has 0 bridgehead atoms. The molecule has 1 amide bonds. The van der Waals surface area contributed by atoms with Crippen LogP contribution < -0.4 is 10.2 Å². The van der Waals surface area contributed by atoms with Gasteiger partial charge in [0, 0.05) is 30.7 Å². The Hall–Kier alpha value is -2.01. The number of benzene rings is 1. The molecule has 134 valence electrons. The fourth-order valence-corrected chi connectivity index (χ4v) is 3.07. The lowest BCUT2D eigenvalue weighted by Crippen LogP contribution is -2.26. The highest BCUT2D eigenvalue weighted by atomic mass is 35.5. The zero-order chi connectivity index (χ0) is 18.4. The fourth-order valence-electron chi connectivity index (χ4n) is 2.90. The molecule has 0 radical (unpaired) electrons. The molecule has 3 rings (SSSR count). The van der Waals surface area contributed by atoms with Crippen LogP contribution in [0.4, 0.5) is 11.4 Å². The molecular formula is C19H25ClN4O. The van der Waals surface area contributed by atoms with Crippen molar-refractivity contribution in [2.45, 2.75) is 45.1 Å². The minimum Gasteiger partial charge on any atom is -0.376 e. The highest BCUT2D eigenvalue weighted by molar-refractivity contribution is 6.31. The lowest BCUT2D eigenvalue weighted by molar-refractivity contribution is 0.102. The van der Waals surface area contributed by atoms with E-state index in [1.165, 1.54) is 12.8 Å². The van der Waals surface area contributed by atoms with Crippen molar-refractivity contribution in [1.82, 2.24) is 9.78 Å². The van der Waals surface area contributed by atoms with E-state index in [9.17, 15) is 4.79 Å². The van der Waals surface area contributed by atoms with E-state index in [1.54, 1.807) is 6.07 Å². The number of halogens is 1. The summed E-state index contributed by atoms with van der Waals surface area (Å²) in [5, 5.41) is 8.14. The lowest BCUT2D eigenvalue weighted by Gasteiger charge is -2.22. The Morgan fingerprint density at radius 1 is 1.28 bits per heavy atom. The Balaban J connectivity index is 1.91. The molecule has 1 aromatic carbocycles. The topological polar surface area (TPSA) is 50.2 Å². The van der Waals surface area contributed by atoms with Crippen LogP contribution in [0.2, 0.25) is 5.02 Å². The molecule has 0 spiro atoms. The van der Waals surface area contributed by atoms with Crippen molar-refractivity contribution in [2.24, 2.45) is 0 Å². The van der Waals surface area contributed by atoms with E-state index < -0.39 is 0 Å². The number of rotatable bonds is 4. The molecule has 1 aliphatic rings. The van der Waals surface area contributed by atoms with Crippen LogP contribution in [-0.2, 0) is 5.54 Å². The highest BCUT2D eigenvalue weighted by Gasteiger charge is 2.32. The number of nitrogens with zero attached hydrogens (tertiary/aromatic N) is 3.